The van der Waals surface area contributed by atoms with Crippen LogP contribution >= 0.6 is 11.8 Å². The standard InChI is InChI=1S/C23H18N2O3S/c1-27-19-14-12-18(13-15-19)22-24-25-23(28-22)29-21(17-10-6-3-7-11-17)20(26)16-8-4-2-5-9-16/h2-15,21H,1H3/t21-/m0/s1. The molecule has 144 valence electrons. The Morgan fingerprint density at radius 2 is 1.55 bits per heavy atom. The number of hydrogen-bond acceptors (Lipinski definition) is 6. The molecule has 0 unspecified atom stereocenters. The molecule has 0 saturated carbocycles. The van der Waals surface area contributed by atoms with Crippen LogP contribution in [0.15, 0.2) is 94.6 Å². The van der Waals surface area contributed by atoms with E-state index in [1.165, 1.54) is 11.8 Å². The van der Waals surface area contributed by atoms with Crippen molar-refractivity contribution in [2.24, 2.45) is 0 Å². The molecule has 0 aliphatic rings. The van der Waals surface area contributed by atoms with Gasteiger partial charge in [0.1, 0.15) is 11.0 Å². The zero-order valence-electron chi connectivity index (χ0n) is 15.7. The van der Waals surface area contributed by atoms with Gasteiger partial charge < -0.3 is 9.15 Å². The monoisotopic (exact) mass is 402 g/mol. The van der Waals surface area contributed by atoms with E-state index in [9.17, 15) is 4.79 Å². The van der Waals surface area contributed by atoms with Gasteiger partial charge in [-0.1, -0.05) is 60.7 Å². The molecule has 0 fully saturated rings. The molecule has 1 heterocycles. The Morgan fingerprint density at radius 1 is 0.897 bits per heavy atom. The zero-order valence-corrected chi connectivity index (χ0v) is 16.5. The average Bonchev–Trinajstić information content (AvgIpc) is 3.27. The normalized spacial score (nSPS) is 11.8. The molecule has 29 heavy (non-hydrogen) atoms. The van der Waals surface area contributed by atoms with Crippen LogP contribution in [0, 0.1) is 0 Å². The summed E-state index contributed by atoms with van der Waals surface area (Å²) in [6.45, 7) is 0. The third-order valence-corrected chi connectivity index (χ3v) is 5.45. The van der Waals surface area contributed by atoms with Gasteiger partial charge in [0.25, 0.3) is 5.22 Å². The van der Waals surface area contributed by atoms with Crippen LogP contribution in [0.3, 0.4) is 0 Å². The maximum atomic E-state index is 13.2. The van der Waals surface area contributed by atoms with Crippen LogP contribution < -0.4 is 4.74 Å². The van der Waals surface area contributed by atoms with E-state index < -0.39 is 5.25 Å². The Balaban J connectivity index is 1.61. The van der Waals surface area contributed by atoms with Gasteiger partial charge in [0.15, 0.2) is 5.78 Å². The highest BCUT2D eigenvalue weighted by Gasteiger charge is 2.26. The predicted octanol–water partition coefficient (Wildman–Crippen LogP) is 5.46. The van der Waals surface area contributed by atoms with E-state index in [1.807, 2.05) is 84.9 Å². The number of ether oxygens (including phenoxy) is 1. The number of benzene rings is 3. The molecule has 6 heteroatoms. The molecule has 0 spiro atoms. The fourth-order valence-electron chi connectivity index (χ4n) is 2.86. The van der Waals surface area contributed by atoms with Crippen molar-refractivity contribution in [1.29, 1.82) is 0 Å². The molecule has 1 atom stereocenters. The highest BCUT2D eigenvalue weighted by molar-refractivity contribution is 8.00. The average molecular weight is 402 g/mol. The van der Waals surface area contributed by atoms with E-state index in [4.69, 9.17) is 9.15 Å². The molecule has 0 bridgehead atoms. The fourth-order valence-corrected chi connectivity index (χ4v) is 3.82. The van der Waals surface area contributed by atoms with Gasteiger partial charge in [-0.15, -0.1) is 10.2 Å². The summed E-state index contributed by atoms with van der Waals surface area (Å²) in [5.41, 5.74) is 2.31. The second-order valence-corrected chi connectivity index (χ2v) is 7.30. The Bertz CT molecular complexity index is 1080. The van der Waals surface area contributed by atoms with Crippen molar-refractivity contribution in [2.45, 2.75) is 10.5 Å². The van der Waals surface area contributed by atoms with Crippen molar-refractivity contribution in [1.82, 2.24) is 10.2 Å². The molecule has 5 nitrogen and oxygen atoms in total. The van der Waals surface area contributed by atoms with Crippen LogP contribution in [-0.2, 0) is 0 Å². The Morgan fingerprint density at radius 3 is 2.21 bits per heavy atom. The Kier molecular flexibility index (Phi) is 5.72. The van der Waals surface area contributed by atoms with Gasteiger partial charge in [-0.3, -0.25) is 4.79 Å². The Hall–Kier alpha value is -3.38. The minimum absolute atomic E-state index is 0.00834. The highest BCUT2D eigenvalue weighted by atomic mass is 32.2. The third-order valence-electron chi connectivity index (χ3n) is 4.36. The van der Waals surface area contributed by atoms with Crippen LogP contribution in [-0.4, -0.2) is 23.1 Å². The van der Waals surface area contributed by atoms with Crippen LogP contribution in [0.4, 0.5) is 0 Å². The van der Waals surface area contributed by atoms with Gasteiger partial charge in [0.05, 0.1) is 7.11 Å². The van der Waals surface area contributed by atoms with Crippen LogP contribution in [0.25, 0.3) is 11.5 Å². The first-order chi connectivity index (χ1) is 14.2. The number of thioether (sulfide) groups is 1. The van der Waals surface area contributed by atoms with Gasteiger partial charge in [-0.2, -0.15) is 0 Å². The van der Waals surface area contributed by atoms with Crippen molar-refractivity contribution >= 4 is 17.5 Å². The number of aromatic nitrogens is 2. The van der Waals surface area contributed by atoms with Crippen molar-refractivity contribution in [2.75, 3.05) is 7.11 Å². The summed E-state index contributed by atoms with van der Waals surface area (Å²) in [4.78, 5) is 13.2. The van der Waals surface area contributed by atoms with Crippen molar-refractivity contribution < 1.29 is 13.9 Å². The number of Topliss-reactive ketones (excluding diaryl/α,β-unsaturated/α-hetero) is 1. The summed E-state index contributed by atoms with van der Waals surface area (Å²) in [5.74, 6) is 1.14. The summed E-state index contributed by atoms with van der Waals surface area (Å²) in [7, 11) is 1.61. The molecule has 0 aliphatic heterocycles. The summed E-state index contributed by atoms with van der Waals surface area (Å²) in [5, 5.41) is 8.13. The second-order valence-electron chi connectivity index (χ2n) is 6.24. The number of nitrogens with zero attached hydrogens (tertiary/aromatic N) is 2. The maximum Gasteiger partial charge on any atom is 0.277 e. The third kappa shape index (κ3) is 4.38. The molecule has 0 amide bonds. The minimum atomic E-state index is -0.484. The first-order valence-electron chi connectivity index (χ1n) is 9.03. The second kappa shape index (κ2) is 8.75. The molecular formula is C23H18N2O3S. The number of methoxy groups -OCH3 is 1. The first-order valence-corrected chi connectivity index (χ1v) is 9.91. The molecule has 0 aliphatic carbocycles. The smallest absolute Gasteiger partial charge is 0.277 e. The number of rotatable bonds is 7. The lowest BCUT2D eigenvalue weighted by Crippen LogP contribution is -2.10. The van der Waals surface area contributed by atoms with E-state index in [1.54, 1.807) is 7.11 Å². The number of carbonyl (C=O) groups excluding carboxylic acids is 1. The lowest BCUT2D eigenvalue weighted by molar-refractivity contribution is 0.0989. The molecule has 3 aromatic carbocycles. The van der Waals surface area contributed by atoms with E-state index in [0.717, 1.165) is 16.9 Å². The van der Waals surface area contributed by atoms with Crippen molar-refractivity contribution in [3.05, 3.63) is 96.1 Å². The zero-order chi connectivity index (χ0) is 20.1. The van der Waals surface area contributed by atoms with Crippen molar-refractivity contribution in [3.63, 3.8) is 0 Å². The summed E-state index contributed by atoms with van der Waals surface area (Å²) in [6, 6.07) is 26.2. The van der Waals surface area contributed by atoms with Gasteiger partial charge in [-0.25, -0.2) is 0 Å². The minimum Gasteiger partial charge on any atom is -0.497 e. The van der Waals surface area contributed by atoms with E-state index in [0.29, 0.717) is 16.7 Å². The summed E-state index contributed by atoms with van der Waals surface area (Å²) < 4.78 is 11.0. The first kappa shape index (κ1) is 19.0. The topological polar surface area (TPSA) is 65.2 Å². The molecule has 0 saturated heterocycles. The van der Waals surface area contributed by atoms with E-state index >= 15 is 0 Å². The predicted molar refractivity (Wildman–Crippen MR) is 112 cm³/mol. The Labute approximate surface area is 172 Å². The van der Waals surface area contributed by atoms with Gasteiger partial charge >= 0.3 is 0 Å². The SMILES string of the molecule is COc1ccc(-c2nnc(S[C@H](C(=O)c3ccccc3)c3ccccc3)o2)cc1. The van der Waals surface area contributed by atoms with Crippen LogP contribution in [0.5, 0.6) is 5.75 Å². The van der Waals surface area contributed by atoms with Gasteiger partial charge in [0.2, 0.25) is 5.89 Å². The molecule has 0 radical (unpaired) electrons. The highest BCUT2D eigenvalue weighted by Crippen LogP contribution is 2.38. The van der Waals surface area contributed by atoms with Crippen LogP contribution in [0.2, 0.25) is 0 Å². The van der Waals surface area contributed by atoms with Gasteiger partial charge in [0, 0.05) is 11.1 Å². The largest absolute Gasteiger partial charge is 0.497 e. The quantitative estimate of drug-likeness (QED) is 0.302. The van der Waals surface area contributed by atoms with Crippen molar-refractivity contribution in [3.8, 4) is 17.2 Å². The molecule has 4 rings (SSSR count). The molecule has 0 N–H and O–H groups in total. The van der Waals surface area contributed by atoms with E-state index in [-0.39, 0.29) is 5.78 Å². The van der Waals surface area contributed by atoms with E-state index in [2.05, 4.69) is 10.2 Å². The molecule has 4 aromatic rings. The number of hydrogen-bond donors (Lipinski definition) is 0. The summed E-state index contributed by atoms with van der Waals surface area (Å²) in [6.07, 6.45) is 0. The maximum absolute atomic E-state index is 13.2. The molecular weight excluding hydrogens is 384 g/mol. The lowest BCUT2D eigenvalue weighted by Gasteiger charge is -2.14. The number of ketones is 1. The fraction of sp³-hybridized carbons (Fsp3) is 0.0870. The summed E-state index contributed by atoms with van der Waals surface area (Å²) >= 11 is 1.25. The number of carbonyl (C=O) groups is 1. The lowest BCUT2D eigenvalue weighted by atomic mass is 10.0. The van der Waals surface area contributed by atoms with Gasteiger partial charge in [-0.05, 0) is 41.6 Å². The van der Waals surface area contributed by atoms with Crippen LogP contribution in [0.1, 0.15) is 21.2 Å². The molecule has 1 aromatic heterocycles.